The van der Waals surface area contributed by atoms with Crippen LogP contribution in [0.3, 0.4) is 0 Å². The van der Waals surface area contributed by atoms with Crippen LogP contribution in [0.15, 0.2) is 58.8 Å². The van der Waals surface area contributed by atoms with Crippen molar-refractivity contribution >= 4 is 62.5 Å². The number of benzene rings is 1. The second-order valence-corrected chi connectivity index (χ2v) is 9.75. The molecular formula is C23H17ClN4O3S2. The molecule has 0 aliphatic heterocycles. The van der Waals surface area contributed by atoms with Crippen molar-refractivity contribution in [2.45, 2.75) is 29.2 Å². The molecule has 0 saturated carbocycles. The molecule has 3 heterocycles. The van der Waals surface area contributed by atoms with Crippen LogP contribution in [0, 0.1) is 0 Å². The summed E-state index contributed by atoms with van der Waals surface area (Å²) in [5, 5.41) is 4.65. The van der Waals surface area contributed by atoms with Crippen molar-refractivity contribution < 1.29 is 14.3 Å². The van der Waals surface area contributed by atoms with Crippen LogP contribution in [-0.2, 0) is 22.4 Å². The Morgan fingerprint density at radius 1 is 1.12 bits per heavy atom. The molecule has 1 aliphatic carbocycles. The summed E-state index contributed by atoms with van der Waals surface area (Å²) in [6.07, 6.45) is 6.32. The zero-order chi connectivity index (χ0) is 22.8. The van der Waals surface area contributed by atoms with Crippen LogP contribution >= 0.6 is 34.7 Å². The number of nitrogens with one attached hydrogen (secondary N) is 1. The van der Waals surface area contributed by atoms with Crippen LogP contribution in [0.1, 0.15) is 27.2 Å². The molecule has 0 atom stereocenters. The van der Waals surface area contributed by atoms with Gasteiger partial charge in [0.15, 0.2) is 11.8 Å². The quantitative estimate of drug-likeness (QED) is 0.223. The number of hydrogen-bond donors (Lipinski definition) is 1. The van der Waals surface area contributed by atoms with Crippen molar-refractivity contribution in [3.05, 3.63) is 70.1 Å². The number of nitrogens with zero attached hydrogens (tertiary/aromatic N) is 3. The number of aromatic nitrogens is 3. The van der Waals surface area contributed by atoms with Gasteiger partial charge in [0.2, 0.25) is 0 Å². The zero-order valence-corrected chi connectivity index (χ0v) is 19.6. The molecule has 0 unspecified atom stereocenters. The number of halogens is 1. The lowest BCUT2D eigenvalue weighted by Crippen LogP contribution is -2.21. The maximum atomic E-state index is 12.8. The summed E-state index contributed by atoms with van der Waals surface area (Å²) >= 11 is 9.08. The Morgan fingerprint density at radius 3 is 2.88 bits per heavy atom. The highest BCUT2D eigenvalue weighted by Gasteiger charge is 2.23. The van der Waals surface area contributed by atoms with Crippen molar-refractivity contribution in [2.75, 3.05) is 11.9 Å². The Balaban J connectivity index is 1.32. The second-order valence-electron chi connectivity index (χ2n) is 7.28. The fourth-order valence-electron chi connectivity index (χ4n) is 3.68. The fourth-order valence-corrected chi connectivity index (χ4v) is 6.18. The first-order valence-corrected chi connectivity index (χ1v) is 12.2. The Kier molecular flexibility index (Phi) is 6.26. The summed E-state index contributed by atoms with van der Waals surface area (Å²) in [6, 6.07) is 10.4. The Bertz CT molecular complexity index is 1380. The lowest BCUT2D eigenvalue weighted by atomic mass is 10.2. The van der Waals surface area contributed by atoms with E-state index in [0.717, 1.165) is 34.5 Å². The Morgan fingerprint density at radius 2 is 2.00 bits per heavy atom. The van der Waals surface area contributed by atoms with Gasteiger partial charge in [0, 0.05) is 21.4 Å². The SMILES string of the molecule is O=C(COC(=O)c1ccccc1Sc1ncnc2sc3c(c12)CCC3)Nc1cccnc1Cl. The minimum atomic E-state index is -0.591. The second kappa shape index (κ2) is 9.46. The number of carbonyl (C=O) groups excluding carboxylic acids is 2. The topological polar surface area (TPSA) is 94.1 Å². The van der Waals surface area contributed by atoms with E-state index in [1.807, 2.05) is 12.1 Å². The van der Waals surface area contributed by atoms with Crippen molar-refractivity contribution in [1.29, 1.82) is 0 Å². The first-order valence-electron chi connectivity index (χ1n) is 10.2. The molecule has 5 rings (SSSR count). The average molecular weight is 497 g/mol. The monoisotopic (exact) mass is 496 g/mol. The van der Waals surface area contributed by atoms with E-state index in [1.165, 1.54) is 28.4 Å². The van der Waals surface area contributed by atoms with E-state index < -0.39 is 18.5 Å². The average Bonchev–Trinajstić information content (AvgIpc) is 3.41. The van der Waals surface area contributed by atoms with Gasteiger partial charge in [-0.3, -0.25) is 4.79 Å². The molecule has 0 radical (unpaired) electrons. The van der Waals surface area contributed by atoms with Crippen LogP contribution in [0.25, 0.3) is 10.2 Å². The number of aryl methyl sites for hydroxylation is 2. The predicted octanol–water partition coefficient (Wildman–Crippen LogP) is 5.18. The summed E-state index contributed by atoms with van der Waals surface area (Å²) in [6.45, 7) is -0.446. The van der Waals surface area contributed by atoms with Gasteiger partial charge in [0.25, 0.3) is 5.91 Å². The van der Waals surface area contributed by atoms with E-state index in [0.29, 0.717) is 16.1 Å². The molecule has 0 spiro atoms. The number of anilines is 1. The van der Waals surface area contributed by atoms with Gasteiger partial charge in [-0.15, -0.1) is 11.3 Å². The first kappa shape index (κ1) is 21.8. The van der Waals surface area contributed by atoms with Crippen LogP contribution in [-0.4, -0.2) is 33.4 Å². The van der Waals surface area contributed by atoms with E-state index in [4.69, 9.17) is 16.3 Å². The molecule has 33 heavy (non-hydrogen) atoms. The molecule has 0 saturated heterocycles. The molecule has 1 aromatic carbocycles. The smallest absolute Gasteiger partial charge is 0.339 e. The van der Waals surface area contributed by atoms with Crippen molar-refractivity contribution in [2.24, 2.45) is 0 Å². The largest absolute Gasteiger partial charge is 0.452 e. The maximum Gasteiger partial charge on any atom is 0.339 e. The number of fused-ring (bicyclic) bond motifs is 3. The number of pyridine rings is 1. The molecule has 166 valence electrons. The number of thiophene rings is 1. The lowest BCUT2D eigenvalue weighted by Gasteiger charge is -2.10. The number of esters is 1. The van der Waals surface area contributed by atoms with Gasteiger partial charge in [-0.2, -0.15) is 0 Å². The minimum Gasteiger partial charge on any atom is -0.452 e. The number of ether oxygens (including phenoxy) is 1. The molecule has 0 bridgehead atoms. The maximum absolute atomic E-state index is 12.8. The van der Waals surface area contributed by atoms with Gasteiger partial charge in [0.1, 0.15) is 16.2 Å². The third kappa shape index (κ3) is 4.57. The van der Waals surface area contributed by atoms with Crippen molar-refractivity contribution in [3.63, 3.8) is 0 Å². The highest BCUT2D eigenvalue weighted by atomic mass is 35.5. The van der Waals surface area contributed by atoms with Crippen LogP contribution < -0.4 is 5.32 Å². The fraction of sp³-hybridized carbons (Fsp3) is 0.174. The number of amides is 1. The normalized spacial score (nSPS) is 12.5. The van der Waals surface area contributed by atoms with Crippen LogP contribution in [0.5, 0.6) is 0 Å². The van der Waals surface area contributed by atoms with E-state index in [1.54, 1.807) is 41.9 Å². The minimum absolute atomic E-state index is 0.162. The van der Waals surface area contributed by atoms with E-state index in [-0.39, 0.29) is 5.15 Å². The van der Waals surface area contributed by atoms with Gasteiger partial charge in [0.05, 0.1) is 11.3 Å². The number of carbonyl (C=O) groups is 2. The lowest BCUT2D eigenvalue weighted by molar-refractivity contribution is -0.119. The summed E-state index contributed by atoms with van der Waals surface area (Å²) in [5.41, 5.74) is 2.05. The Labute approximate surface area is 202 Å². The van der Waals surface area contributed by atoms with Gasteiger partial charge in [-0.05, 0) is 49.1 Å². The van der Waals surface area contributed by atoms with Crippen molar-refractivity contribution in [3.8, 4) is 0 Å². The zero-order valence-electron chi connectivity index (χ0n) is 17.2. The molecule has 1 aliphatic rings. The molecule has 0 fully saturated rings. The third-order valence-electron chi connectivity index (χ3n) is 5.15. The van der Waals surface area contributed by atoms with E-state index in [2.05, 4.69) is 20.3 Å². The summed E-state index contributed by atoms with van der Waals surface area (Å²) in [5.74, 6) is -1.10. The molecule has 7 nitrogen and oxygen atoms in total. The molecule has 1 N–H and O–H groups in total. The van der Waals surface area contributed by atoms with Gasteiger partial charge in [-0.1, -0.05) is 35.5 Å². The molecule has 1 amide bonds. The molecule has 4 aromatic rings. The highest BCUT2D eigenvalue weighted by Crippen LogP contribution is 2.42. The van der Waals surface area contributed by atoms with E-state index >= 15 is 0 Å². The number of rotatable bonds is 6. The predicted molar refractivity (Wildman–Crippen MR) is 128 cm³/mol. The summed E-state index contributed by atoms with van der Waals surface area (Å²) in [7, 11) is 0. The van der Waals surface area contributed by atoms with Gasteiger partial charge in [-0.25, -0.2) is 19.7 Å². The van der Waals surface area contributed by atoms with Crippen LogP contribution in [0.2, 0.25) is 5.15 Å². The van der Waals surface area contributed by atoms with Gasteiger partial charge >= 0.3 is 5.97 Å². The van der Waals surface area contributed by atoms with Crippen LogP contribution in [0.4, 0.5) is 5.69 Å². The summed E-state index contributed by atoms with van der Waals surface area (Å²) in [4.78, 5) is 40.9. The first-order chi connectivity index (χ1) is 16.1. The Hall–Kier alpha value is -3.01. The standard InChI is InChI=1S/C23H17ClN4O3S2/c24-20-15(7-4-10-25-20)28-18(29)11-31-23(30)14-5-1-2-8-17(14)33-22-19-13-6-3-9-16(13)32-21(19)26-12-27-22/h1-2,4-5,7-8,10,12H,3,6,9,11H2,(H,28,29). The van der Waals surface area contributed by atoms with Gasteiger partial charge < -0.3 is 10.1 Å². The molecule has 10 heteroatoms. The van der Waals surface area contributed by atoms with E-state index in [9.17, 15) is 9.59 Å². The van der Waals surface area contributed by atoms with Crippen molar-refractivity contribution in [1.82, 2.24) is 15.0 Å². The molecular weight excluding hydrogens is 480 g/mol. The number of hydrogen-bond acceptors (Lipinski definition) is 8. The summed E-state index contributed by atoms with van der Waals surface area (Å²) < 4.78 is 5.27. The third-order valence-corrected chi connectivity index (χ3v) is 7.73. The molecule has 3 aromatic heterocycles. The highest BCUT2D eigenvalue weighted by molar-refractivity contribution is 7.99.